The van der Waals surface area contributed by atoms with Gasteiger partial charge in [-0.2, -0.15) is 0 Å². The Hall–Kier alpha value is -0.100. The van der Waals surface area contributed by atoms with Gasteiger partial charge in [0.15, 0.2) is 9.84 Å². The quantitative estimate of drug-likeness (QED) is 0.857. The molecule has 1 rings (SSSR count). The lowest BCUT2D eigenvalue weighted by molar-refractivity contribution is 0.185. The number of aryl methyl sites for hydroxylation is 1. The Morgan fingerprint density at radius 3 is 2.59 bits per heavy atom. The average molecular weight is 342 g/mol. The maximum Gasteiger partial charge on any atom is 0.229 e. The second-order valence-corrected chi connectivity index (χ2v) is 9.29. The first-order valence-corrected chi connectivity index (χ1v) is 7.89. The summed E-state index contributed by atoms with van der Waals surface area (Å²) in [6.45, 7) is 3.34. The van der Waals surface area contributed by atoms with Crippen molar-refractivity contribution in [2.45, 2.75) is 23.1 Å². The smallest absolute Gasteiger partial charge is 0.229 e. The standard InChI is InChI=1S/C11H14BrClO3S/c1-3-17(15,16)11(12,13)10(14)9-6-4-5-8(2)7-9/h4-7,10,14H,3H2,1-2H3/t10-,11-/m1/s1. The highest BCUT2D eigenvalue weighted by molar-refractivity contribution is 9.12. The first-order chi connectivity index (χ1) is 7.72. The molecule has 6 heteroatoms. The number of sulfone groups is 1. The van der Waals surface area contributed by atoms with Gasteiger partial charge in [0, 0.05) is 0 Å². The van der Waals surface area contributed by atoms with Gasteiger partial charge in [-0.25, -0.2) is 8.42 Å². The van der Waals surface area contributed by atoms with Crippen LogP contribution in [0.3, 0.4) is 0 Å². The Bertz CT molecular complexity index is 499. The van der Waals surface area contributed by atoms with Gasteiger partial charge in [0.05, 0.1) is 5.75 Å². The summed E-state index contributed by atoms with van der Waals surface area (Å²) in [5.41, 5.74) is 1.39. The average Bonchev–Trinajstić information content (AvgIpc) is 2.27. The topological polar surface area (TPSA) is 54.4 Å². The molecule has 1 aromatic carbocycles. The van der Waals surface area contributed by atoms with Crippen LogP contribution in [-0.4, -0.2) is 22.4 Å². The van der Waals surface area contributed by atoms with Crippen molar-refractivity contribution < 1.29 is 13.5 Å². The summed E-state index contributed by atoms with van der Waals surface area (Å²) in [6, 6.07) is 6.94. The van der Waals surface area contributed by atoms with E-state index in [1.54, 1.807) is 18.2 Å². The molecule has 0 amide bonds. The van der Waals surface area contributed by atoms with Crippen LogP contribution in [0.15, 0.2) is 24.3 Å². The second-order valence-electron chi connectivity index (χ2n) is 3.78. The molecule has 0 radical (unpaired) electrons. The number of aliphatic hydroxyl groups excluding tert-OH is 1. The van der Waals surface area contributed by atoms with Gasteiger partial charge in [-0.05, 0) is 28.4 Å². The number of hydrogen-bond donors (Lipinski definition) is 1. The van der Waals surface area contributed by atoms with E-state index in [-0.39, 0.29) is 5.75 Å². The highest BCUT2D eigenvalue weighted by Crippen LogP contribution is 2.42. The minimum absolute atomic E-state index is 0.148. The third-order valence-corrected chi connectivity index (χ3v) is 7.11. The van der Waals surface area contributed by atoms with E-state index >= 15 is 0 Å². The molecular weight excluding hydrogens is 328 g/mol. The second kappa shape index (κ2) is 5.26. The van der Waals surface area contributed by atoms with E-state index in [4.69, 9.17) is 11.6 Å². The highest BCUT2D eigenvalue weighted by atomic mass is 79.9. The molecule has 0 saturated carbocycles. The predicted molar refractivity (Wildman–Crippen MR) is 73.1 cm³/mol. The van der Waals surface area contributed by atoms with Crippen LogP contribution >= 0.6 is 27.5 Å². The van der Waals surface area contributed by atoms with Crippen molar-refractivity contribution in [2.24, 2.45) is 0 Å². The molecule has 0 heterocycles. The van der Waals surface area contributed by atoms with E-state index < -0.39 is 19.1 Å². The van der Waals surface area contributed by atoms with Crippen LogP contribution in [0.4, 0.5) is 0 Å². The SMILES string of the molecule is CCS(=O)(=O)[C@@](Cl)(Br)[C@H](O)c1cccc(C)c1. The van der Waals surface area contributed by atoms with Gasteiger partial charge in [0.1, 0.15) is 6.10 Å². The predicted octanol–water partition coefficient (Wildman–Crippen LogP) is 2.75. The van der Waals surface area contributed by atoms with Crippen molar-refractivity contribution in [2.75, 3.05) is 5.75 Å². The zero-order chi connectivity index (χ0) is 13.3. The molecule has 1 N–H and O–H groups in total. The van der Waals surface area contributed by atoms with Crippen LogP contribution in [0, 0.1) is 6.92 Å². The largest absolute Gasteiger partial charge is 0.385 e. The van der Waals surface area contributed by atoms with Crippen LogP contribution in [0.25, 0.3) is 0 Å². The summed E-state index contributed by atoms with van der Waals surface area (Å²) in [4.78, 5) is 0. The van der Waals surface area contributed by atoms with Crippen molar-refractivity contribution in [3.05, 3.63) is 35.4 Å². The van der Waals surface area contributed by atoms with E-state index in [2.05, 4.69) is 15.9 Å². The van der Waals surface area contributed by atoms with Gasteiger partial charge in [-0.3, -0.25) is 0 Å². The first-order valence-electron chi connectivity index (χ1n) is 5.07. The maximum absolute atomic E-state index is 11.8. The van der Waals surface area contributed by atoms with E-state index in [0.29, 0.717) is 5.56 Å². The lowest BCUT2D eigenvalue weighted by atomic mass is 10.1. The molecule has 2 atom stereocenters. The molecule has 0 aliphatic heterocycles. The molecule has 0 aromatic heterocycles. The zero-order valence-corrected chi connectivity index (χ0v) is 12.7. The fourth-order valence-corrected chi connectivity index (χ4v) is 3.66. The van der Waals surface area contributed by atoms with Crippen molar-refractivity contribution in [3.8, 4) is 0 Å². The van der Waals surface area contributed by atoms with E-state index in [1.807, 2.05) is 13.0 Å². The zero-order valence-electron chi connectivity index (χ0n) is 9.52. The van der Waals surface area contributed by atoms with Crippen molar-refractivity contribution in [1.82, 2.24) is 0 Å². The molecule has 0 unspecified atom stereocenters. The third-order valence-electron chi connectivity index (χ3n) is 2.47. The van der Waals surface area contributed by atoms with Crippen LogP contribution < -0.4 is 0 Å². The van der Waals surface area contributed by atoms with E-state index in [0.717, 1.165) is 5.56 Å². The minimum Gasteiger partial charge on any atom is -0.385 e. The Morgan fingerprint density at radius 2 is 2.12 bits per heavy atom. The minimum atomic E-state index is -3.63. The summed E-state index contributed by atoms with van der Waals surface area (Å²) in [5.74, 6) is -0.148. The number of benzene rings is 1. The van der Waals surface area contributed by atoms with Crippen LogP contribution in [-0.2, 0) is 9.84 Å². The van der Waals surface area contributed by atoms with Gasteiger partial charge in [-0.15, -0.1) is 0 Å². The molecular formula is C11H14BrClO3S. The van der Waals surface area contributed by atoms with Gasteiger partial charge < -0.3 is 5.11 Å². The molecule has 3 nitrogen and oxygen atoms in total. The summed E-state index contributed by atoms with van der Waals surface area (Å²) >= 11 is 8.86. The van der Waals surface area contributed by atoms with E-state index in [9.17, 15) is 13.5 Å². The van der Waals surface area contributed by atoms with Crippen LogP contribution in [0.2, 0.25) is 0 Å². The monoisotopic (exact) mass is 340 g/mol. The molecule has 0 aliphatic carbocycles. The summed E-state index contributed by atoms with van der Waals surface area (Å²) < 4.78 is 21.7. The molecule has 1 aromatic rings. The lowest BCUT2D eigenvalue weighted by Gasteiger charge is -2.26. The molecule has 0 spiro atoms. The Kier molecular flexibility index (Phi) is 4.63. The molecule has 0 aliphatic rings. The van der Waals surface area contributed by atoms with Crippen molar-refractivity contribution in [3.63, 3.8) is 0 Å². The highest BCUT2D eigenvalue weighted by Gasteiger charge is 2.45. The van der Waals surface area contributed by atoms with Crippen LogP contribution in [0.1, 0.15) is 24.2 Å². The molecule has 0 fully saturated rings. The Labute approximate surface area is 115 Å². The normalized spacial score (nSPS) is 17.5. The van der Waals surface area contributed by atoms with Gasteiger partial charge in [0.25, 0.3) is 0 Å². The number of alkyl halides is 2. The number of halogens is 2. The third kappa shape index (κ3) is 3.02. The number of rotatable bonds is 4. The number of hydrogen-bond acceptors (Lipinski definition) is 3. The van der Waals surface area contributed by atoms with Gasteiger partial charge in [0.2, 0.25) is 3.12 Å². The van der Waals surface area contributed by atoms with Gasteiger partial charge >= 0.3 is 0 Å². The fraction of sp³-hybridized carbons (Fsp3) is 0.455. The summed E-state index contributed by atoms with van der Waals surface area (Å²) in [5, 5.41) is 10.1. The molecule has 96 valence electrons. The first kappa shape index (κ1) is 15.0. The Balaban J connectivity index is 3.17. The fourth-order valence-electron chi connectivity index (χ4n) is 1.40. The maximum atomic E-state index is 11.8. The molecule has 0 bridgehead atoms. The summed E-state index contributed by atoms with van der Waals surface area (Å²) in [7, 11) is -3.63. The van der Waals surface area contributed by atoms with Crippen LogP contribution in [0.5, 0.6) is 0 Å². The number of aliphatic hydroxyl groups is 1. The summed E-state index contributed by atoms with van der Waals surface area (Å²) in [6.07, 6.45) is -1.32. The van der Waals surface area contributed by atoms with E-state index in [1.165, 1.54) is 6.92 Å². The van der Waals surface area contributed by atoms with Crippen molar-refractivity contribution in [1.29, 1.82) is 0 Å². The Morgan fingerprint density at radius 1 is 1.53 bits per heavy atom. The molecule has 0 saturated heterocycles. The van der Waals surface area contributed by atoms with Crippen molar-refractivity contribution >= 4 is 37.4 Å². The molecule has 17 heavy (non-hydrogen) atoms. The van der Waals surface area contributed by atoms with Gasteiger partial charge in [-0.1, -0.05) is 48.4 Å². The lowest BCUT2D eigenvalue weighted by Crippen LogP contribution is -2.34.